The Labute approximate surface area is 137 Å². The number of allylic oxidation sites excluding steroid dienone is 1. The molecule has 0 bridgehead atoms. The first-order chi connectivity index (χ1) is 9.80. The number of nitrogens with zero attached hydrogens (tertiary/aromatic N) is 2. The number of sulfonamides is 1. The molecule has 8 heteroatoms. The summed E-state index contributed by atoms with van der Waals surface area (Å²) in [4.78, 5) is 13.6. The number of amides is 1. The minimum atomic E-state index is -3.44. The lowest BCUT2D eigenvalue weighted by atomic mass is 10.3. The molecule has 0 aromatic carbocycles. The van der Waals surface area contributed by atoms with Crippen molar-refractivity contribution < 1.29 is 13.2 Å². The molecule has 21 heavy (non-hydrogen) atoms. The van der Waals surface area contributed by atoms with Crippen molar-refractivity contribution in [2.75, 3.05) is 26.2 Å². The Morgan fingerprint density at radius 3 is 2.33 bits per heavy atom. The van der Waals surface area contributed by atoms with E-state index in [9.17, 15) is 13.2 Å². The summed E-state index contributed by atoms with van der Waals surface area (Å²) in [6.07, 6.45) is 1.58. The Balaban J connectivity index is 2.04. The topological polar surface area (TPSA) is 57.7 Å². The molecule has 0 spiro atoms. The Hall–Kier alpha value is -0.700. The first kappa shape index (κ1) is 16.7. The number of carbonyl (C=O) groups is 1. The van der Waals surface area contributed by atoms with E-state index in [0.717, 1.165) is 9.36 Å². The van der Waals surface area contributed by atoms with E-state index in [4.69, 9.17) is 0 Å². The summed E-state index contributed by atoms with van der Waals surface area (Å²) < 4.78 is 27.5. The van der Waals surface area contributed by atoms with Crippen LogP contribution in [0.15, 0.2) is 31.8 Å². The summed E-state index contributed by atoms with van der Waals surface area (Å²) >= 11 is 4.48. The molecule has 1 saturated heterocycles. The lowest BCUT2D eigenvalue weighted by molar-refractivity contribution is -0.127. The van der Waals surface area contributed by atoms with Crippen LogP contribution in [0, 0.1) is 0 Å². The predicted octanol–water partition coefficient (Wildman–Crippen LogP) is 2.31. The largest absolute Gasteiger partial charge is 0.337 e. The number of carbonyl (C=O) groups excluding carboxylic acids is 1. The Kier molecular flexibility index (Phi) is 5.24. The van der Waals surface area contributed by atoms with E-state index in [2.05, 4.69) is 15.9 Å². The van der Waals surface area contributed by atoms with Gasteiger partial charge in [0.25, 0.3) is 10.0 Å². The van der Waals surface area contributed by atoms with E-state index in [1.807, 2.05) is 13.8 Å². The SMILES string of the molecule is CC(C)=CC(=O)N1CCN(S(=O)(=O)c2ccc(Br)s2)CC1. The van der Waals surface area contributed by atoms with Crippen LogP contribution in [0.5, 0.6) is 0 Å². The van der Waals surface area contributed by atoms with Gasteiger partial charge in [0, 0.05) is 32.3 Å². The van der Waals surface area contributed by atoms with Gasteiger partial charge in [0.05, 0.1) is 3.79 Å². The first-order valence-corrected chi connectivity index (χ1v) is 9.55. The van der Waals surface area contributed by atoms with Crippen LogP contribution in [-0.2, 0) is 14.8 Å². The van der Waals surface area contributed by atoms with Gasteiger partial charge in [-0.1, -0.05) is 5.57 Å². The fourth-order valence-corrected chi connectivity index (χ4v) is 5.64. The van der Waals surface area contributed by atoms with Gasteiger partial charge < -0.3 is 4.90 Å². The molecule has 2 heterocycles. The van der Waals surface area contributed by atoms with E-state index < -0.39 is 10.0 Å². The molecule has 1 amide bonds. The third-order valence-electron chi connectivity index (χ3n) is 3.11. The fourth-order valence-electron chi connectivity index (χ4n) is 2.05. The monoisotopic (exact) mass is 392 g/mol. The standard InChI is InChI=1S/C13H17BrN2O3S2/c1-10(2)9-12(17)15-5-7-16(8-6-15)21(18,19)13-4-3-11(14)20-13/h3-4,9H,5-8H2,1-2H3. The highest BCUT2D eigenvalue weighted by molar-refractivity contribution is 9.11. The lowest BCUT2D eigenvalue weighted by Crippen LogP contribution is -2.50. The Morgan fingerprint density at radius 1 is 1.24 bits per heavy atom. The van der Waals surface area contributed by atoms with Gasteiger partial charge in [-0.15, -0.1) is 11.3 Å². The molecule has 1 fully saturated rings. The van der Waals surface area contributed by atoms with Crippen LogP contribution >= 0.6 is 27.3 Å². The molecular weight excluding hydrogens is 376 g/mol. The van der Waals surface area contributed by atoms with Crippen LogP contribution in [-0.4, -0.2) is 49.7 Å². The molecule has 1 aliphatic rings. The van der Waals surface area contributed by atoms with Crippen LogP contribution < -0.4 is 0 Å². The average Bonchev–Trinajstić information content (AvgIpc) is 2.85. The highest BCUT2D eigenvalue weighted by Crippen LogP contribution is 2.28. The van der Waals surface area contributed by atoms with Gasteiger partial charge in [-0.3, -0.25) is 4.79 Å². The maximum Gasteiger partial charge on any atom is 0.252 e. The quantitative estimate of drug-likeness (QED) is 0.741. The third-order valence-corrected chi connectivity index (χ3v) is 7.09. The zero-order valence-corrected chi connectivity index (χ0v) is 15.1. The molecule has 0 unspecified atom stereocenters. The van der Waals surface area contributed by atoms with Crippen molar-refractivity contribution in [1.29, 1.82) is 0 Å². The molecule has 1 aliphatic heterocycles. The molecule has 0 saturated carbocycles. The van der Waals surface area contributed by atoms with E-state index in [0.29, 0.717) is 30.4 Å². The predicted molar refractivity (Wildman–Crippen MR) is 86.8 cm³/mol. The van der Waals surface area contributed by atoms with Gasteiger partial charge in [-0.05, 0) is 41.9 Å². The van der Waals surface area contributed by atoms with Crippen molar-refractivity contribution in [3.8, 4) is 0 Å². The highest BCUT2D eigenvalue weighted by atomic mass is 79.9. The molecule has 1 aromatic rings. The number of halogens is 1. The van der Waals surface area contributed by atoms with Crippen LogP contribution in [0.4, 0.5) is 0 Å². The van der Waals surface area contributed by atoms with E-state index in [-0.39, 0.29) is 5.91 Å². The molecule has 116 valence electrons. The van der Waals surface area contributed by atoms with Crippen molar-refractivity contribution in [1.82, 2.24) is 9.21 Å². The second kappa shape index (κ2) is 6.60. The Morgan fingerprint density at radius 2 is 1.86 bits per heavy atom. The second-order valence-electron chi connectivity index (χ2n) is 5.01. The maximum atomic E-state index is 12.5. The molecule has 0 atom stereocenters. The minimum absolute atomic E-state index is 0.0501. The molecule has 0 radical (unpaired) electrons. The molecular formula is C13H17BrN2O3S2. The van der Waals surface area contributed by atoms with Crippen molar-refractivity contribution in [2.24, 2.45) is 0 Å². The zero-order chi connectivity index (χ0) is 15.6. The van der Waals surface area contributed by atoms with Crippen LogP contribution in [0.2, 0.25) is 0 Å². The normalized spacial score (nSPS) is 16.8. The highest BCUT2D eigenvalue weighted by Gasteiger charge is 2.30. The molecule has 5 nitrogen and oxygen atoms in total. The number of hydrogen-bond acceptors (Lipinski definition) is 4. The van der Waals surface area contributed by atoms with Crippen molar-refractivity contribution in [2.45, 2.75) is 18.1 Å². The van der Waals surface area contributed by atoms with Gasteiger partial charge >= 0.3 is 0 Å². The molecule has 2 rings (SSSR count). The first-order valence-electron chi connectivity index (χ1n) is 6.50. The Bertz CT molecular complexity index is 655. The summed E-state index contributed by atoms with van der Waals surface area (Å²) in [7, 11) is -3.44. The second-order valence-corrected chi connectivity index (χ2v) is 9.64. The average molecular weight is 393 g/mol. The van der Waals surface area contributed by atoms with Gasteiger partial charge in [0.1, 0.15) is 4.21 Å². The van der Waals surface area contributed by atoms with Gasteiger partial charge in [0.2, 0.25) is 5.91 Å². The lowest BCUT2D eigenvalue weighted by Gasteiger charge is -2.33. The summed E-state index contributed by atoms with van der Waals surface area (Å²) in [5.41, 5.74) is 0.943. The molecule has 0 N–H and O–H groups in total. The van der Waals surface area contributed by atoms with Gasteiger partial charge in [0.15, 0.2) is 0 Å². The molecule has 1 aromatic heterocycles. The van der Waals surface area contributed by atoms with Crippen LogP contribution in [0.25, 0.3) is 0 Å². The number of piperazine rings is 1. The van der Waals surface area contributed by atoms with E-state index in [1.54, 1.807) is 23.1 Å². The summed E-state index contributed by atoms with van der Waals surface area (Å²) in [5.74, 6) is -0.0501. The number of hydrogen-bond donors (Lipinski definition) is 0. The van der Waals surface area contributed by atoms with Crippen LogP contribution in [0.3, 0.4) is 0 Å². The maximum absolute atomic E-state index is 12.5. The van der Waals surface area contributed by atoms with Crippen molar-refractivity contribution in [3.05, 3.63) is 27.6 Å². The smallest absolute Gasteiger partial charge is 0.252 e. The summed E-state index contributed by atoms with van der Waals surface area (Å²) in [6.45, 7) is 5.25. The van der Waals surface area contributed by atoms with Crippen LogP contribution in [0.1, 0.15) is 13.8 Å². The fraction of sp³-hybridized carbons (Fsp3) is 0.462. The third kappa shape index (κ3) is 3.94. The minimum Gasteiger partial charge on any atom is -0.337 e. The summed E-state index contributed by atoms with van der Waals surface area (Å²) in [6, 6.07) is 3.33. The summed E-state index contributed by atoms with van der Waals surface area (Å²) in [5, 5.41) is 0. The van der Waals surface area contributed by atoms with Crippen molar-refractivity contribution in [3.63, 3.8) is 0 Å². The van der Waals surface area contributed by atoms with Gasteiger partial charge in [-0.2, -0.15) is 4.31 Å². The van der Waals surface area contributed by atoms with E-state index >= 15 is 0 Å². The van der Waals surface area contributed by atoms with E-state index in [1.165, 1.54) is 15.6 Å². The number of rotatable bonds is 3. The zero-order valence-electron chi connectivity index (χ0n) is 11.9. The van der Waals surface area contributed by atoms with Crippen molar-refractivity contribution >= 4 is 43.2 Å². The molecule has 0 aliphatic carbocycles. The van der Waals surface area contributed by atoms with Gasteiger partial charge in [-0.25, -0.2) is 8.42 Å². The number of thiophene rings is 1.